The fourth-order valence-corrected chi connectivity index (χ4v) is 5.76. The number of amides is 1. The molecule has 2 atom stereocenters. The van der Waals surface area contributed by atoms with E-state index in [2.05, 4.69) is 9.72 Å². The molecule has 11 heteroatoms. The lowest BCUT2D eigenvalue weighted by molar-refractivity contribution is -0.203. The lowest BCUT2D eigenvalue weighted by atomic mass is 9.91. The predicted octanol–water partition coefficient (Wildman–Crippen LogP) is 3.10. The Hall–Kier alpha value is -3.63. The molecule has 2 aromatic rings. The molecule has 1 amide bonds. The molecule has 6 rings (SSSR count). The number of aromatic nitrogens is 1. The Morgan fingerprint density at radius 2 is 1.86 bits per heavy atom. The molecule has 1 aromatic heterocycles. The zero-order valence-corrected chi connectivity index (χ0v) is 19.8. The van der Waals surface area contributed by atoms with Gasteiger partial charge in [0.25, 0.3) is 0 Å². The number of likely N-dealkylation sites (tertiary alicyclic amines) is 1. The first-order valence-corrected chi connectivity index (χ1v) is 12.2. The maximum Gasteiger partial charge on any atom is 0.490 e. The largest absolute Gasteiger partial charge is 0.490 e. The quantitative estimate of drug-likeness (QED) is 0.579. The summed E-state index contributed by atoms with van der Waals surface area (Å²) in [6.45, 7) is 1.32. The lowest BCUT2D eigenvalue weighted by Gasteiger charge is -2.27. The molecule has 3 aliphatic heterocycles. The van der Waals surface area contributed by atoms with Crippen LogP contribution in [-0.2, 0) is 30.1 Å². The monoisotopic (exact) mass is 515 g/mol. The first-order chi connectivity index (χ1) is 17.6. The van der Waals surface area contributed by atoms with E-state index in [0.717, 1.165) is 11.1 Å². The highest BCUT2D eigenvalue weighted by Gasteiger charge is 2.58. The second kappa shape index (κ2) is 8.19. The van der Waals surface area contributed by atoms with Crippen molar-refractivity contribution in [2.75, 3.05) is 31.1 Å². The van der Waals surface area contributed by atoms with Crippen LogP contribution in [0.3, 0.4) is 0 Å². The summed E-state index contributed by atoms with van der Waals surface area (Å²) in [5.41, 5.74) is 0.689. The van der Waals surface area contributed by atoms with Crippen molar-refractivity contribution >= 4 is 23.7 Å². The van der Waals surface area contributed by atoms with Gasteiger partial charge in [0.05, 0.1) is 24.1 Å². The highest BCUT2D eigenvalue weighted by molar-refractivity contribution is 5.96. The molecule has 1 spiro atoms. The molecule has 0 radical (unpaired) electrons. The highest BCUT2D eigenvalue weighted by atomic mass is 19.4. The number of nitrogens with zero attached hydrogens (tertiary/aromatic N) is 3. The van der Waals surface area contributed by atoms with Crippen molar-refractivity contribution in [2.45, 2.75) is 49.0 Å². The van der Waals surface area contributed by atoms with Crippen LogP contribution in [-0.4, -0.2) is 66.2 Å². The van der Waals surface area contributed by atoms with Crippen molar-refractivity contribution in [2.24, 2.45) is 0 Å². The Bertz CT molecular complexity index is 1280. The molecule has 37 heavy (non-hydrogen) atoms. The van der Waals surface area contributed by atoms with Crippen LogP contribution in [0, 0.1) is 0 Å². The minimum atomic E-state index is -5.02. The zero-order valence-electron chi connectivity index (χ0n) is 19.8. The number of carbonyl (C=O) groups is 3. The molecule has 194 valence electrons. The average molecular weight is 515 g/mol. The predicted molar refractivity (Wildman–Crippen MR) is 123 cm³/mol. The molecule has 0 bridgehead atoms. The summed E-state index contributed by atoms with van der Waals surface area (Å²) in [6.07, 6.45) is -2.04. The molecular formula is C26H24F3N3O5. The third-order valence-electron chi connectivity index (χ3n) is 7.88. The van der Waals surface area contributed by atoms with Gasteiger partial charge < -0.3 is 19.3 Å². The van der Waals surface area contributed by atoms with Gasteiger partial charge in [-0.3, -0.25) is 4.79 Å². The second-order valence-corrected chi connectivity index (χ2v) is 10.2. The third kappa shape index (κ3) is 3.91. The number of benzene rings is 1. The van der Waals surface area contributed by atoms with E-state index in [-0.39, 0.29) is 24.8 Å². The van der Waals surface area contributed by atoms with Crippen molar-refractivity contribution < 1.29 is 37.0 Å². The van der Waals surface area contributed by atoms with Crippen LogP contribution in [0.4, 0.5) is 19.0 Å². The van der Waals surface area contributed by atoms with Crippen molar-refractivity contribution in [3.63, 3.8) is 0 Å². The van der Waals surface area contributed by atoms with Crippen molar-refractivity contribution in [3.05, 3.63) is 59.3 Å². The summed E-state index contributed by atoms with van der Waals surface area (Å²) >= 11 is 0. The smallest absolute Gasteiger partial charge is 0.454 e. The van der Waals surface area contributed by atoms with Gasteiger partial charge in [-0.1, -0.05) is 24.3 Å². The van der Waals surface area contributed by atoms with Crippen molar-refractivity contribution in [1.29, 1.82) is 0 Å². The van der Waals surface area contributed by atoms with E-state index in [9.17, 15) is 27.6 Å². The number of ether oxygens (including phenoxy) is 2. The minimum absolute atomic E-state index is 0.0142. The Balaban J connectivity index is 1.12. The van der Waals surface area contributed by atoms with Gasteiger partial charge in [-0.2, -0.15) is 13.2 Å². The maximum absolute atomic E-state index is 13.6. The second-order valence-electron chi connectivity index (χ2n) is 10.2. The van der Waals surface area contributed by atoms with Crippen LogP contribution >= 0.6 is 0 Å². The number of halogens is 3. The molecule has 1 saturated carbocycles. The normalized spacial score (nSPS) is 25.8. The van der Waals surface area contributed by atoms with Gasteiger partial charge in [0.15, 0.2) is 5.60 Å². The lowest BCUT2D eigenvalue weighted by Crippen LogP contribution is -2.40. The fourth-order valence-electron chi connectivity index (χ4n) is 5.76. The first-order valence-electron chi connectivity index (χ1n) is 12.2. The van der Waals surface area contributed by atoms with Crippen LogP contribution in [0.2, 0.25) is 0 Å². The molecule has 4 aliphatic rings. The molecule has 0 N–H and O–H groups in total. The van der Waals surface area contributed by atoms with E-state index in [1.807, 2.05) is 18.2 Å². The van der Waals surface area contributed by atoms with Gasteiger partial charge in [0, 0.05) is 37.7 Å². The standard InChI is InChI=1S/C26H24F3N3O5/c27-26(28,29)23(35)36-17-7-11-31(14-17)20-6-5-16(13-30-20)24(8-9-24)22(34)32-12-10-25(15-32)19-4-2-1-3-18(19)21(33)37-25/h1-6,13,17H,7-12,14-15H2/t17-,25-/m0/s1. The zero-order chi connectivity index (χ0) is 26.0. The molecule has 0 unspecified atom stereocenters. The third-order valence-corrected chi connectivity index (χ3v) is 7.88. The maximum atomic E-state index is 13.6. The number of pyridine rings is 1. The van der Waals surface area contributed by atoms with Crippen LogP contribution in [0.15, 0.2) is 42.6 Å². The van der Waals surface area contributed by atoms with E-state index >= 15 is 0 Å². The number of anilines is 1. The van der Waals surface area contributed by atoms with Crippen molar-refractivity contribution in [1.82, 2.24) is 9.88 Å². The number of hydrogen-bond donors (Lipinski definition) is 0. The van der Waals surface area contributed by atoms with E-state index < -0.39 is 29.3 Å². The topological polar surface area (TPSA) is 89.0 Å². The molecule has 1 aliphatic carbocycles. The first kappa shape index (κ1) is 23.7. The van der Waals surface area contributed by atoms with Gasteiger partial charge in [0.1, 0.15) is 11.9 Å². The minimum Gasteiger partial charge on any atom is -0.454 e. The SMILES string of the molecule is O=C1O[C@]2(CCN(C(=O)C3(c4ccc(N5CC[C@H](OC(=O)C(F)(F)F)C5)nc4)CC3)C2)c2ccccc21. The molecular weight excluding hydrogens is 491 g/mol. The van der Waals surface area contributed by atoms with E-state index in [0.29, 0.717) is 50.3 Å². The number of rotatable bonds is 4. The Labute approximate surface area is 210 Å². The molecule has 8 nitrogen and oxygen atoms in total. The molecule has 1 aromatic carbocycles. The number of alkyl halides is 3. The average Bonchev–Trinajstić information content (AvgIpc) is 3.23. The van der Waals surface area contributed by atoms with Gasteiger partial charge >= 0.3 is 18.1 Å². The Kier molecular flexibility index (Phi) is 5.26. The van der Waals surface area contributed by atoms with Crippen molar-refractivity contribution in [3.8, 4) is 0 Å². The summed E-state index contributed by atoms with van der Waals surface area (Å²) in [5, 5.41) is 0. The number of esters is 2. The number of hydrogen-bond acceptors (Lipinski definition) is 7. The van der Waals surface area contributed by atoms with Gasteiger partial charge in [-0.25, -0.2) is 14.6 Å². The summed E-state index contributed by atoms with van der Waals surface area (Å²) in [7, 11) is 0. The Morgan fingerprint density at radius 3 is 2.57 bits per heavy atom. The van der Waals surface area contributed by atoms with Crippen LogP contribution < -0.4 is 4.90 Å². The number of carbonyl (C=O) groups excluding carboxylic acids is 3. The summed E-state index contributed by atoms with van der Waals surface area (Å²) in [5.74, 6) is -2.01. The number of fused-ring (bicyclic) bond motifs is 2. The van der Waals surface area contributed by atoms with E-state index in [1.165, 1.54) is 0 Å². The van der Waals surface area contributed by atoms with Gasteiger partial charge in [0.2, 0.25) is 5.91 Å². The Morgan fingerprint density at radius 1 is 1.08 bits per heavy atom. The summed E-state index contributed by atoms with van der Waals surface area (Å²) in [6, 6.07) is 10.9. The van der Waals surface area contributed by atoms with Crippen LogP contribution in [0.25, 0.3) is 0 Å². The van der Waals surface area contributed by atoms with Gasteiger partial charge in [-0.15, -0.1) is 0 Å². The van der Waals surface area contributed by atoms with Gasteiger partial charge in [-0.05, 0) is 30.5 Å². The van der Waals surface area contributed by atoms with Crippen LogP contribution in [0.1, 0.15) is 47.2 Å². The highest BCUT2D eigenvalue weighted by Crippen LogP contribution is 2.52. The van der Waals surface area contributed by atoms with E-state index in [1.54, 1.807) is 34.2 Å². The summed E-state index contributed by atoms with van der Waals surface area (Å²) < 4.78 is 47.8. The van der Waals surface area contributed by atoms with E-state index in [4.69, 9.17) is 4.74 Å². The molecule has 3 fully saturated rings. The fraction of sp³-hybridized carbons (Fsp3) is 0.462. The summed E-state index contributed by atoms with van der Waals surface area (Å²) in [4.78, 5) is 45.1. The molecule has 4 heterocycles. The van der Waals surface area contributed by atoms with Crippen LogP contribution in [0.5, 0.6) is 0 Å². The molecule has 2 saturated heterocycles.